The molecule has 0 radical (unpaired) electrons. The first-order valence-electron chi connectivity index (χ1n) is 13.2. The van der Waals surface area contributed by atoms with Crippen molar-refractivity contribution in [2.45, 2.75) is 16.2 Å². The lowest BCUT2D eigenvalue weighted by Gasteiger charge is -2.22. The van der Waals surface area contributed by atoms with Crippen LogP contribution in [0.5, 0.6) is 0 Å². The van der Waals surface area contributed by atoms with Gasteiger partial charge in [0.05, 0.1) is 29.1 Å². The van der Waals surface area contributed by atoms with Crippen molar-refractivity contribution in [2.24, 2.45) is 5.73 Å². The monoisotopic (exact) mass is 588 g/mol. The summed E-state index contributed by atoms with van der Waals surface area (Å²) in [6.07, 6.45) is 5.31. The van der Waals surface area contributed by atoms with Crippen LogP contribution in [-0.4, -0.2) is 78.2 Å². The molecule has 2 aromatic carbocycles. The Balaban J connectivity index is 1.75. The Morgan fingerprint density at radius 2 is 1.88 bits per heavy atom. The van der Waals surface area contributed by atoms with E-state index in [0.717, 1.165) is 20.9 Å². The van der Waals surface area contributed by atoms with Crippen molar-refractivity contribution >= 4 is 52.7 Å². The lowest BCUT2D eigenvalue weighted by atomic mass is 10.2. The molecule has 4 aromatic rings. The first-order valence-corrected chi connectivity index (χ1v) is 14.0. The first kappa shape index (κ1) is 30.4. The third-order valence-electron chi connectivity index (χ3n) is 6.15. The molecule has 0 bridgehead atoms. The summed E-state index contributed by atoms with van der Waals surface area (Å²) in [6, 6.07) is 18.1. The van der Waals surface area contributed by atoms with Gasteiger partial charge in [-0.3, -0.25) is 14.6 Å². The van der Waals surface area contributed by atoms with Gasteiger partial charge in [-0.2, -0.15) is 9.78 Å². The number of nitrogens with two attached hydrogens (primary N) is 1. The average molecular weight is 589 g/mol. The van der Waals surface area contributed by atoms with Crippen molar-refractivity contribution in [3.8, 4) is 0 Å². The van der Waals surface area contributed by atoms with E-state index >= 15 is 0 Å². The van der Waals surface area contributed by atoms with E-state index in [1.54, 1.807) is 25.4 Å². The fourth-order valence-electron chi connectivity index (χ4n) is 4.09. The number of carbonyl (C=O) groups is 3. The molecule has 0 saturated heterocycles. The Labute approximate surface area is 247 Å². The fraction of sp³-hybridized carbons (Fsp3) is 0.233. The van der Waals surface area contributed by atoms with Gasteiger partial charge in [0.15, 0.2) is 0 Å². The number of primary amides is 1. The van der Waals surface area contributed by atoms with Gasteiger partial charge in [0.2, 0.25) is 5.91 Å². The van der Waals surface area contributed by atoms with Crippen molar-refractivity contribution in [3.63, 3.8) is 0 Å². The van der Waals surface area contributed by atoms with Crippen molar-refractivity contribution in [2.75, 3.05) is 40.6 Å². The van der Waals surface area contributed by atoms with Gasteiger partial charge in [0, 0.05) is 55.0 Å². The number of nitrogens with zero attached hydrogens (tertiary/aromatic N) is 4. The zero-order chi connectivity index (χ0) is 29.9. The van der Waals surface area contributed by atoms with Crippen LogP contribution in [0.3, 0.4) is 0 Å². The number of fused-ring (bicyclic) bond motifs is 1. The van der Waals surface area contributed by atoms with Gasteiger partial charge in [-0.25, -0.2) is 4.79 Å². The minimum atomic E-state index is -0.525. The van der Waals surface area contributed by atoms with Crippen molar-refractivity contribution in [3.05, 3.63) is 83.8 Å². The lowest BCUT2D eigenvalue weighted by Crippen LogP contribution is -2.39. The molecule has 3 amide bonds. The molecule has 4 rings (SSSR count). The summed E-state index contributed by atoms with van der Waals surface area (Å²) in [6.45, 7) is 0.563. The van der Waals surface area contributed by atoms with Gasteiger partial charge in [-0.15, -0.1) is 0 Å². The Hall–Kier alpha value is -4.52. The third kappa shape index (κ3) is 7.81. The standard InChI is InChI=1S/C30H32N6O5S/c1-32-29(38)24-8-3-4-9-27(24)42-22-11-12-23-25(13-10-21-7-5-6-15-33-21)34-36(26(23)19-22)30(39)35(16-14-28(31)37)17-18-41-20-40-2/h3-13,15,19H,14,16-18,20H2,1-2H3,(H2,31,37)(H,32,38)/b13-10+. The molecular weight excluding hydrogens is 556 g/mol. The van der Waals surface area contributed by atoms with Gasteiger partial charge >= 0.3 is 6.03 Å². The fourth-order valence-corrected chi connectivity index (χ4v) is 5.07. The number of amides is 3. The van der Waals surface area contributed by atoms with Crippen LogP contribution in [0.1, 0.15) is 28.2 Å². The van der Waals surface area contributed by atoms with E-state index in [-0.39, 0.29) is 38.8 Å². The van der Waals surface area contributed by atoms with Crippen LogP contribution >= 0.6 is 11.8 Å². The van der Waals surface area contributed by atoms with E-state index in [4.69, 9.17) is 15.2 Å². The number of aromatic nitrogens is 3. The minimum absolute atomic E-state index is 0.0148. The quantitative estimate of drug-likeness (QED) is 0.177. The van der Waals surface area contributed by atoms with Crippen LogP contribution in [0.25, 0.3) is 23.1 Å². The molecule has 3 N–H and O–H groups in total. The second-order valence-corrected chi connectivity index (χ2v) is 10.2. The molecular formula is C30H32N6O5S. The van der Waals surface area contributed by atoms with Crippen LogP contribution in [0, 0.1) is 0 Å². The van der Waals surface area contributed by atoms with Crippen LogP contribution < -0.4 is 11.1 Å². The number of rotatable bonds is 13. The predicted octanol–water partition coefficient (Wildman–Crippen LogP) is 3.88. The molecule has 42 heavy (non-hydrogen) atoms. The Bertz CT molecular complexity index is 1570. The molecule has 12 heteroatoms. The second kappa shape index (κ2) is 14.9. The van der Waals surface area contributed by atoms with E-state index in [9.17, 15) is 14.4 Å². The summed E-state index contributed by atoms with van der Waals surface area (Å²) >= 11 is 1.40. The molecule has 0 spiro atoms. The van der Waals surface area contributed by atoms with E-state index < -0.39 is 11.9 Å². The number of hydrogen-bond acceptors (Lipinski definition) is 8. The maximum Gasteiger partial charge on any atom is 0.345 e. The highest BCUT2D eigenvalue weighted by molar-refractivity contribution is 7.99. The highest BCUT2D eigenvalue weighted by Gasteiger charge is 2.22. The number of nitrogens with one attached hydrogen (secondary N) is 1. The number of ether oxygens (including phenoxy) is 2. The lowest BCUT2D eigenvalue weighted by molar-refractivity contribution is -0.118. The summed E-state index contributed by atoms with van der Waals surface area (Å²) < 4.78 is 11.6. The molecule has 0 unspecified atom stereocenters. The molecule has 2 heterocycles. The molecule has 11 nitrogen and oxygen atoms in total. The van der Waals surface area contributed by atoms with E-state index in [1.165, 1.54) is 28.5 Å². The first-order chi connectivity index (χ1) is 20.4. The molecule has 0 aliphatic heterocycles. The van der Waals surface area contributed by atoms with Crippen molar-refractivity contribution in [1.29, 1.82) is 0 Å². The number of carbonyl (C=O) groups excluding carboxylic acids is 3. The summed E-state index contributed by atoms with van der Waals surface area (Å²) in [7, 11) is 3.10. The van der Waals surface area contributed by atoms with E-state index in [1.807, 2.05) is 60.7 Å². The van der Waals surface area contributed by atoms with Gasteiger partial charge < -0.3 is 25.4 Å². The Kier molecular flexibility index (Phi) is 10.8. The molecule has 0 aliphatic rings. The number of pyridine rings is 1. The zero-order valence-corrected chi connectivity index (χ0v) is 24.2. The summed E-state index contributed by atoms with van der Waals surface area (Å²) in [5.41, 5.74) is 7.79. The minimum Gasteiger partial charge on any atom is -0.370 e. The van der Waals surface area contributed by atoms with Gasteiger partial charge in [-0.1, -0.05) is 30.0 Å². The topological polar surface area (TPSA) is 142 Å². The maximum atomic E-state index is 13.9. The van der Waals surface area contributed by atoms with Crippen LogP contribution in [0.4, 0.5) is 4.79 Å². The summed E-state index contributed by atoms with van der Waals surface area (Å²) in [5, 5.41) is 8.07. The van der Waals surface area contributed by atoms with Gasteiger partial charge in [0.1, 0.15) is 6.79 Å². The molecule has 0 atom stereocenters. The normalized spacial score (nSPS) is 11.2. The molecule has 218 valence electrons. The Morgan fingerprint density at radius 3 is 2.62 bits per heavy atom. The van der Waals surface area contributed by atoms with Crippen LogP contribution in [-0.2, 0) is 14.3 Å². The van der Waals surface area contributed by atoms with Gasteiger partial charge in [-0.05, 0) is 54.6 Å². The van der Waals surface area contributed by atoms with Crippen LogP contribution in [0.15, 0.2) is 76.7 Å². The second-order valence-electron chi connectivity index (χ2n) is 9.04. The smallest absolute Gasteiger partial charge is 0.345 e. The highest BCUT2D eigenvalue weighted by atomic mass is 32.2. The summed E-state index contributed by atoms with van der Waals surface area (Å²) in [5.74, 6) is -0.717. The van der Waals surface area contributed by atoms with Crippen molar-refractivity contribution in [1.82, 2.24) is 25.0 Å². The molecule has 0 aliphatic carbocycles. The predicted molar refractivity (Wildman–Crippen MR) is 161 cm³/mol. The zero-order valence-electron chi connectivity index (χ0n) is 23.4. The third-order valence-corrected chi connectivity index (χ3v) is 7.22. The number of hydrogen-bond donors (Lipinski definition) is 2. The average Bonchev–Trinajstić information content (AvgIpc) is 3.37. The van der Waals surface area contributed by atoms with Crippen molar-refractivity contribution < 1.29 is 23.9 Å². The van der Waals surface area contributed by atoms with Crippen LogP contribution in [0.2, 0.25) is 0 Å². The highest BCUT2D eigenvalue weighted by Crippen LogP contribution is 2.33. The largest absolute Gasteiger partial charge is 0.370 e. The SMILES string of the molecule is CNC(=O)c1ccccc1Sc1ccc2c(/C=C/c3ccccn3)nn(C(=O)N(CCOCOC)CCC(N)=O)c2c1. The summed E-state index contributed by atoms with van der Waals surface area (Å²) in [4.78, 5) is 45.2. The molecule has 0 saturated carbocycles. The molecule has 0 fully saturated rings. The Morgan fingerprint density at radius 1 is 1.07 bits per heavy atom. The number of methoxy groups -OCH3 is 1. The van der Waals surface area contributed by atoms with E-state index in [0.29, 0.717) is 16.8 Å². The maximum absolute atomic E-state index is 13.9. The van der Waals surface area contributed by atoms with Gasteiger partial charge in [0.25, 0.3) is 5.91 Å². The number of benzene rings is 2. The molecule has 2 aromatic heterocycles. The van der Waals surface area contributed by atoms with E-state index in [2.05, 4.69) is 15.4 Å².